The number of nitrogens with zero attached hydrogens (tertiary/aromatic N) is 1. The van der Waals surface area contributed by atoms with Crippen LogP contribution in [0.3, 0.4) is 0 Å². The lowest BCUT2D eigenvalue weighted by Gasteiger charge is -2.29. The molecule has 6 nitrogen and oxygen atoms in total. The molecule has 1 N–H and O–H groups in total. The summed E-state index contributed by atoms with van der Waals surface area (Å²) in [4.78, 5) is 26.8. The highest BCUT2D eigenvalue weighted by molar-refractivity contribution is 6.15. The minimum atomic E-state index is -1.29. The molecule has 0 saturated carbocycles. The molecule has 2 heterocycles. The molecule has 1 aromatic heterocycles. The lowest BCUT2D eigenvalue weighted by Crippen LogP contribution is -2.42. The average molecular weight is 266 g/mol. The largest absolute Gasteiger partial charge is 0.419 e. The van der Waals surface area contributed by atoms with Crippen LogP contribution in [0.25, 0.3) is 0 Å². The highest BCUT2D eigenvalue weighted by Crippen LogP contribution is 2.22. The fraction of sp³-hybridized carbons (Fsp3) is 0.250. The first-order valence-corrected chi connectivity index (χ1v) is 5.41. The van der Waals surface area contributed by atoms with E-state index in [1.807, 2.05) is 0 Å². The van der Waals surface area contributed by atoms with Gasteiger partial charge in [-0.15, -0.1) is 0 Å². The van der Waals surface area contributed by atoms with E-state index >= 15 is 0 Å². The highest BCUT2D eigenvalue weighted by atomic mass is 19.1. The summed E-state index contributed by atoms with van der Waals surface area (Å²) in [6.07, 6.45) is 3.46. The second-order valence-electron chi connectivity index (χ2n) is 4.27. The molecule has 19 heavy (non-hydrogen) atoms. The SMILES string of the molecule is CC1(C)OC(=O)C(=CNc2cncc(F)c2)C(=O)O1. The Labute approximate surface area is 108 Å². The molecule has 1 aromatic rings. The van der Waals surface area contributed by atoms with Gasteiger partial charge in [-0.05, 0) is 0 Å². The van der Waals surface area contributed by atoms with Crippen molar-refractivity contribution in [2.45, 2.75) is 19.6 Å². The van der Waals surface area contributed by atoms with Crippen molar-refractivity contribution in [2.75, 3.05) is 5.32 Å². The number of ether oxygens (including phenoxy) is 2. The molecule has 100 valence electrons. The maximum Gasteiger partial charge on any atom is 0.350 e. The molecule has 2 rings (SSSR count). The summed E-state index contributed by atoms with van der Waals surface area (Å²) in [7, 11) is 0. The monoisotopic (exact) mass is 266 g/mol. The van der Waals surface area contributed by atoms with E-state index in [0.29, 0.717) is 0 Å². The van der Waals surface area contributed by atoms with Crippen LogP contribution in [-0.4, -0.2) is 22.7 Å². The fourth-order valence-corrected chi connectivity index (χ4v) is 1.42. The average Bonchev–Trinajstić information content (AvgIpc) is 2.26. The summed E-state index contributed by atoms with van der Waals surface area (Å²) in [5, 5.41) is 2.58. The van der Waals surface area contributed by atoms with E-state index in [-0.39, 0.29) is 11.3 Å². The van der Waals surface area contributed by atoms with Crippen LogP contribution in [0.2, 0.25) is 0 Å². The molecule has 0 atom stereocenters. The smallest absolute Gasteiger partial charge is 0.350 e. The molecule has 0 bridgehead atoms. The summed E-state index contributed by atoms with van der Waals surface area (Å²) in [5.41, 5.74) is -0.0125. The number of cyclic esters (lactones) is 2. The van der Waals surface area contributed by atoms with Gasteiger partial charge in [0.15, 0.2) is 5.57 Å². The second kappa shape index (κ2) is 4.68. The Morgan fingerprint density at radius 2 is 1.89 bits per heavy atom. The zero-order chi connectivity index (χ0) is 14.0. The third kappa shape index (κ3) is 3.06. The number of anilines is 1. The number of aromatic nitrogens is 1. The van der Waals surface area contributed by atoms with Gasteiger partial charge in [-0.1, -0.05) is 0 Å². The minimum absolute atomic E-state index is 0.290. The van der Waals surface area contributed by atoms with Crippen molar-refractivity contribution < 1.29 is 23.5 Å². The van der Waals surface area contributed by atoms with Crippen molar-refractivity contribution in [3.05, 3.63) is 36.1 Å². The van der Waals surface area contributed by atoms with Gasteiger partial charge < -0.3 is 14.8 Å². The number of hydrogen-bond donors (Lipinski definition) is 1. The summed E-state index contributed by atoms with van der Waals surface area (Å²) in [6, 6.07) is 1.16. The maximum atomic E-state index is 12.9. The molecule has 1 saturated heterocycles. The zero-order valence-electron chi connectivity index (χ0n) is 10.3. The van der Waals surface area contributed by atoms with Gasteiger partial charge in [0.05, 0.1) is 18.1 Å². The summed E-state index contributed by atoms with van der Waals surface area (Å²) in [5.74, 6) is -3.44. The second-order valence-corrected chi connectivity index (χ2v) is 4.27. The van der Waals surface area contributed by atoms with E-state index in [1.54, 1.807) is 0 Å². The number of carbonyl (C=O) groups is 2. The van der Waals surface area contributed by atoms with Crippen molar-refractivity contribution in [1.29, 1.82) is 0 Å². The first-order chi connectivity index (χ1) is 8.87. The third-order valence-electron chi connectivity index (χ3n) is 2.20. The Hall–Kier alpha value is -2.44. The molecule has 0 aliphatic carbocycles. The van der Waals surface area contributed by atoms with Gasteiger partial charge in [-0.2, -0.15) is 0 Å². The Bertz CT molecular complexity index is 547. The highest BCUT2D eigenvalue weighted by Gasteiger charge is 2.38. The van der Waals surface area contributed by atoms with Crippen LogP contribution in [0.15, 0.2) is 30.2 Å². The lowest BCUT2D eigenvalue weighted by atomic mass is 10.2. The molecule has 1 aliphatic heterocycles. The predicted octanol–water partition coefficient (Wildman–Crippen LogP) is 1.35. The van der Waals surface area contributed by atoms with E-state index in [0.717, 1.165) is 18.5 Å². The number of carbonyl (C=O) groups excluding carboxylic acids is 2. The third-order valence-corrected chi connectivity index (χ3v) is 2.20. The topological polar surface area (TPSA) is 77.5 Å². The molecular weight excluding hydrogens is 255 g/mol. The van der Waals surface area contributed by atoms with Gasteiger partial charge in [0, 0.05) is 26.1 Å². The van der Waals surface area contributed by atoms with E-state index in [9.17, 15) is 14.0 Å². The van der Waals surface area contributed by atoms with Gasteiger partial charge >= 0.3 is 11.9 Å². The van der Waals surface area contributed by atoms with Gasteiger partial charge in [0.1, 0.15) is 5.82 Å². The molecule has 0 amide bonds. The van der Waals surface area contributed by atoms with E-state index in [1.165, 1.54) is 20.0 Å². The van der Waals surface area contributed by atoms with Crippen LogP contribution >= 0.6 is 0 Å². The standard InChI is InChI=1S/C12H11FN2O4/c1-12(2)18-10(16)9(11(17)19-12)6-15-8-3-7(13)4-14-5-8/h3-6,15H,1-2H3. The Kier molecular flexibility index (Phi) is 3.20. The molecule has 0 radical (unpaired) electrons. The number of rotatable bonds is 2. The van der Waals surface area contributed by atoms with Crippen molar-refractivity contribution in [1.82, 2.24) is 4.98 Å². The maximum absolute atomic E-state index is 12.9. The minimum Gasteiger partial charge on any atom is -0.419 e. The number of esters is 2. The van der Waals surface area contributed by atoms with E-state index in [2.05, 4.69) is 10.3 Å². The Morgan fingerprint density at radius 3 is 2.47 bits per heavy atom. The summed E-state index contributed by atoms with van der Waals surface area (Å²) >= 11 is 0. The zero-order valence-corrected chi connectivity index (χ0v) is 10.3. The van der Waals surface area contributed by atoms with Gasteiger partial charge in [0.2, 0.25) is 0 Å². The summed E-state index contributed by atoms with van der Waals surface area (Å²) < 4.78 is 22.7. The fourth-order valence-electron chi connectivity index (χ4n) is 1.42. The Morgan fingerprint density at radius 1 is 1.26 bits per heavy atom. The molecule has 0 spiro atoms. The van der Waals surface area contributed by atoms with Crippen LogP contribution in [0.5, 0.6) is 0 Å². The predicted molar refractivity (Wildman–Crippen MR) is 62.2 cm³/mol. The van der Waals surface area contributed by atoms with Gasteiger partial charge in [-0.25, -0.2) is 14.0 Å². The number of hydrogen-bond acceptors (Lipinski definition) is 6. The van der Waals surface area contributed by atoms with Crippen molar-refractivity contribution in [3.63, 3.8) is 0 Å². The van der Waals surface area contributed by atoms with Crippen LogP contribution < -0.4 is 5.32 Å². The van der Waals surface area contributed by atoms with Crippen LogP contribution in [0, 0.1) is 5.82 Å². The molecule has 0 aromatic carbocycles. The van der Waals surface area contributed by atoms with Crippen LogP contribution in [-0.2, 0) is 19.1 Å². The van der Waals surface area contributed by atoms with Crippen LogP contribution in [0.1, 0.15) is 13.8 Å². The molecule has 1 fully saturated rings. The first-order valence-electron chi connectivity index (χ1n) is 5.41. The molecular formula is C12H11FN2O4. The molecule has 1 aliphatic rings. The normalized spacial score (nSPS) is 17.5. The van der Waals surface area contributed by atoms with E-state index in [4.69, 9.17) is 9.47 Å². The van der Waals surface area contributed by atoms with Crippen molar-refractivity contribution >= 4 is 17.6 Å². The molecule has 0 unspecified atom stereocenters. The van der Waals surface area contributed by atoms with Crippen LogP contribution in [0.4, 0.5) is 10.1 Å². The van der Waals surface area contributed by atoms with E-state index < -0.39 is 23.5 Å². The summed E-state index contributed by atoms with van der Waals surface area (Å²) in [6.45, 7) is 2.90. The van der Waals surface area contributed by atoms with Gasteiger partial charge in [0.25, 0.3) is 5.79 Å². The number of halogens is 1. The van der Waals surface area contributed by atoms with Gasteiger partial charge in [-0.3, -0.25) is 4.98 Å². The lowest BCUT2D eigenvalue weighted by molar-refractivity contribution is -0.222. The van der Waals surface area contributed by atoms with Crippen molar-refractivity contribution in [3.8, 4) is 0 Å². The van der Waals surface area contributed by atoms with Crippen molar-refractivity contribution in [2.24, 2.45) is 0 Å². The first kappa shape index (κ1) is 13.0. The quantitative estimate of drug-likeness (QED) is 0.494. The number of nitrogens with one attached hydrogen (secondary N) is 1. The Balaban J connectivity index is 2.15. The molecule has 7 heteroatoms. The number of pyridine rings is 1.